The topological polar surface area (TPSA) is 67.8 Å². The molecule has 0 aromatic heterocycles. The van der Waals surface area contributed by atoms with E-state index >= 15 is 0 Å². The summed E-state index contributed by atoms with van der Waals surface area (Å²) in [6.07, 6.45) is 0. The van der Waals surface area contributed by atoms with Gasteiger partial charge in [0.2, 0.25) is 0 Å². The summed E-state index contributed by atoms with van der Waals surface area (Å²) in [6.45, 7) is 0.756. The number of aliphatic hydroxyl groups is 1. The zero-order valence-corrected chi connectivity index (χ0v) is 9.94. The third-order valence-corrected chi connectivity index (χ3v) is 2.09. The lowest BCUT2D eigenvalue weighted by molar-refractivity contribution is -0.00623. The van der Waals surface area contributed by atoms with Crippen molar-refractivity contribution in [3.63, 3.8) is 0 Å². The zero-order valence-electron chi connectivity index (χ0n) is 9.19. The minimum Gasteiger partial charge on any atom is -0.394 e. The van der Waals surface area contributed by atoms with E-state index in [4.69, 9.17) is 26.3 Å². The Kier molecular flexibility index (Phi) is 6.57. The van der Waals surface area contributed by atoms with Crippen molar-refractivity contribution in [3.8, 4) is 0 Å². The first kappa shape index (κ1) is 13.9. The van der Waals surface area contributed by atoms with Gasteiger partial charge in [-0.05, 0) is 24.3 Å². The van der Waals surface area contributed by atoms with Gasteiger partial charge < -0.3 is 9.84 Å². The molecular weight excluding hydrogens is 246 g/mol. The van der Waals surface area contributed by atoms with Crippen molar-refractivity contribution in [1.29, 1.82) is 0 Å². The normalized spacial score (nSPS) is 10.2. The van der Waals surface area contributed by atoms with Crippen molar-refractivity contribution in [3.05, 3.63) is 34.9 Å². The third-order valence-electron chi connectivity index (χ3n) is 1.84. The van der Waals surface area contributed by atoms with E-state index in [-0.39, 0.29) is 25.7 Å². The van der Waals surface area contributed by atoms with Gasteiger partial charge in [-0.25, -0.2) is 5.48 Å². The molecule has 0 aliphatic rings. The van der Waals surface area contributed by atoms with Gasteiger partial charge >= 0.3 is 0 Å². The fourth-order valence-electron chi connectivity index (χ4n) is 1.04. The van der Waals surface area contributed by atoms with E-state index in [1.54, 1.807) is 24.3 Å². The van der Waals surface area contributed by atoms with Gasteiger partial charge in [0.1, 0.15) is 0 Å². The lowest BCUT2D eigenvalue weighted by Crippen LogP contribution is -2.25. The summed E-state index contributed by atoms with van der Waals surface area (Å²) in [5.74, 6) is -0.344. The number of rotatable bonds is 7. The van der Waals surface area contributed by atoms with Crippen molar-refractivity contribution < 1.29 is 19.5 Å². The standard InChI is InChI=1S/C11H14ClNO4/c12-10-3-1-9(2-4-10)11(15)13-17-8-7-16-6-5-14/h1-4,14H,5-8H2,(H,13,15). The Morgan fingerprint density at radius 3 is 2.59 bits per heavy atom. The molecule has 6 heteroatoms. The summed E-state index contributed by atoms with van der Waals surface area (Å²) in [5, 5.41) is 9.01. The molecule has 5 nitrogen and oxygen atoms in total. The van der Waals surface area contributed by atoms with E-state index < -0.39 is 0 Å². The van der Waals surface area contributed by atoms with Crippen LogP contribution in [0.3, 0.4) is 0 Å². The number of aliphatic hydroxyl groups excluding tert-OH is 1. The Morgan fingerprint density at radius 1 is 1.24 bits per heavy atom. The van der Waals surface area contributed by atoms with Crippen LogP contribution < -0.4 is 5.48 Å². The number of nitrogens with one attached hydrogen (secondary N) is 1. The number of carbonyl (C=O) groups is 1. The fourth-order valence-corrected chi connectivity index (χ4v) is 1.17. The summed E-state index contributed by atoms with van der Waals surface area (Å²) >= 11 is 5.69. The molecule has 1 aromatic carbocycles. The van der Waals surface area contributed by atoms with E-state index in [9.17, 15) is 4.79 Å². The van der Waals surface area contributed by atoms with Gasteiger partial charge in [-0.15, -0.1) is 0 Å². The van der Waals surface area contributed by atoms with Crippen LogP contribution in [-0.2, 0) is 9.57 Å². The minimum atomic E-state index is -0.344. The van der Waals surface area contributed by atoms with Gasteiger partial charge in [0.25, 0.3) is 5.91 Å². The van der Waals surface area contributed by atoms with Crippen molar-refractivity contribution in [1.82, 2.24) is 5.48 Å². The number of hydrogen-bond acceptors (Lipinski definition) is 4. The van der Waals surface area contributed by atoms with Crippen molar-refractivity contribution in [2.24, 2.45) is 0 Å². The third kappa shape index (κ3) is 5.65. The predicted octanol–water partition coefficient (Wildman–Crippen LogP) is 1.01. The number of ether oxygens (including phenoxy) is 1. The van der Waals surface area contributed by atoms with Crippen molar-refractivity contribution in [2.75, 3.05) is 26.4 Å². The maximum Gasteiger partial charge on any atom is 0.274 e. The minimum absolute atomic E-state index is 0.0306. The Hall–Kier alpha value is -1.14. The summed E-state index contributed by atoms with van der Waals surface area (Å²) < 4.78 is 4.94. The van der Waals surface area contributed by atoms with Crippen LogP contribution in [0.5, 0.6) is 0 Å². The molecule has 0 aliphatic heterocycles. The molecule has 1 aromatic rings. The summed E-state index contributed by atoms with van der Waals surface area (Å²) in [6, 6.07) is 6.45. The largest absolute Gasteiger partial charge is 0.394 e. The Morgan fingerprint density at radius 2 is 1.94 bits per heavy atom. The smallest absolute Gasteiger partial charge is 0.274 e. The van der Waals surface area contributed by atoms with Crippen LogP contribution in [0.2, 0.25) is 5.02 Å². The quantitative estimate of drug-likeness (QED) is 0.567. The molecule has 0 spiro atoms. The lowest BCUT2D eigenvalue weighted by Gasteiger charge is -2.06. The van der Waals surface area contributed by atoms with E-state index in [0.29, 0.717) is 17.2 Å². The maximum absolute atomic E-state index is 11.5. The van der Waals surface area contributed by atoms with Gasteiger partial charge in [0.15, 0.2) is 0 Å². The predicted molar refractivity (Wildman–Crippen MR) is 62.8 cm³/mol. The first-order chi connectivity index (χ1) is 8.24. The van der Waals surface area contributed by atoms with Crippen LogP contribution in [0.1, 0.15) is 10.4 Å². The Labute approximate surface area is 104 Å². The average Bonchev–Trinajstić information content (AvgIpc) is 2.34. The van der Waals surface area contributed by atoms with Gasteiger partial charge in [-0.2, -0.15) is 0 Å². The second-order valence-electron chi connectivity index (χ2n) is 3.12. The molecule has 0 unspecified atom stereocenters. The van der Waals surface area contributed by atoms with Gasteiger partial charge in [-0.3, -0.25) is 9.63 Å². The monoisotopic (exact) mass is 259 g/mol. The highest BCUT2D eigenvalue weighted by molar-refractivity contribution is 6.30. The van der Waals surface area contributed by atoms with E-state index in [1.807, 2.05) is 0 Å². The summed E-state index contributed by atoms with van der Waals surface area (Å²) in [4.78, 5) is 16.4. The first-order valence-electron chi connectivity index (χ1n) is 5.10. The number of amides is 1. The molecule has 1 amide bonds. The van der Waals surface area contributed by atoms with Crippen molar-refractivity contribution in [2.45, 2.75) is 0 Å². The number of benzene rings is 1. The second kappa shape index (κ2) is 8.03. The van der Waals surface area contributed by atoms with Crippen LogP contribution in [0.4, 0.5) is 0 Å². The molecule has 17 heavy (non-hydrogen) atoms. The molecule has 2 N–H and O–H groups in total. The number of hydrogen-bond donors (Lipinski definition) is 2. The lowest BCUT2D eigenvalue weighted by atomic mass is 10.2. The highest BCUT2D eigenvalue weighted by atomic mass is 35.5. The zero-order chi connectivity index (χ0) is 12.5. The van der Waals surface area contributed by atoms with Crippen LogP contribution in [0.15, 0.2) is 24.3 Å². The SMILES string of the molecule is O=C(NOCCOCCO)c1ccc(Cl)cc1. The molecule has 0 saturated heterocycles. The van der Waals surface area contributed by atoms with Crippen LogP contribution in [-0.4, -0.2) is 37.4 Å². The van der Waals surface area contributed by atoms with Crippen LogP contribution in [0, 0.1) is 0 Å². The highest BCUT2D eigenvalue weighted by Crippen LogP contribution is 2.09. The molecule has 0 bridgehead atoms. The molecule has 0 heterocycles. The highest BCUT2D eigenvalue weighted by Gasteiger charge is 2.04. The van der Waals surface area contributed by atoms with E-state index in [1.165, 1.54) is 0 Å². The molecule has 0 aliphatic carbocycles. The van der Waals surface area contributed by atoms with E-state index in [2.05, 4.69) is 5.48 Å². The Balaban J connectivity index is 2.19. The van der Waals surface area contributed by atoms with Gasteiger partial charge in [0, 0.05) is 10.6 Å². The number of carbonyl (C=O) groups excluding carboxylic acids is 1. The molecule has 0 saturated carbocycles. The summed E-state index contributed by atoms with van der Waals surface area (Å²) in [5.41, 5.74) is 2.73. The first-order valence-corrected chi connectivity index (χ1v) is 5.48. The molecule has 0 atom stereocenters. The molecule has 1 rings (SSSR count). The van der Waals surface area contributed by atoms with Crippen molar-refractivity contribution >= 4 is 17.5 Å². The van der Waals surface area contributed by atoms with E-state index in [0.717, 1.165) is 0 Å². The van der Waals surface area contributed by atoms with Gasteiger partial charge in [-0.1, -0.05) is 11.6 Å². The van der Waals surface area contributed by atoms with Crippen LogP contribution in [0.25, 0.3) is 0 Å². The van der Waals surface area contributed by atoms with Crippen LogP contribution >= 0.6 is 11.6 Å². The maximum atomic E-state index is 11.5. The Bertz CT molecular complexity index is 342. The molecule has 0 fully saturated rings. The molecular formula is C11H14ClNO4. The van der Waals surface area contributed by atoms with Gasteiger partial charge in [0.05, 0.1) is 26.4 Å². The molecule has 94 valence electrons. The number of hydroxylamine groups is 1. The summed E-state index contributed by atoms with van der Waals surface area (Å²) in [7, 11) is 0. The number of halogens is 1. The molecule has 0 radical (unpaired) electrons. The fraction of sp³-hybridized carbons (Fsp3) is 0.364. The second-order valence-corrected chi connectivity index (χ2v) is 3.56. The average molecular weight is 260 g/mol.